The third kappa shape index (κ3) is 3.65. The Labute approximate surface area is 151 Å². The van der Waals surface area contributed by atoms with E-state index in [0.29, 0.717) is 36.2 Å². The second-order valence-electron chi connectivity index (χ2n) is 6.09. The molecule has 1 atom stereocenters. The lowest BCUT2D eigenvalue weighted by atomic mass is 10.1. The van der Waals surface area contributed by atoms with Crippen LogP contribution in [0.4, 0.5) is 13.2 Å². The van der Waals surface area contributed by atoms with E-state index in [-0.39, 0.29) is 17.6 Å². The third-order valence-electron chi connectivity index (χ3n) is 4.26. The number of amides is 1. The lowest BCUT2D eigenvalue weighted by Gasteiger charge is -2.33. The fraction of sp³-hybridized carbons (Fsp3) is 0.353. The van der Waals surface area contributed by atoms with Crippen LogP contribution in [0.15, 0.2) is 30.5 Å². The maximum absolute atomic E-state index is 13.3. The summed E-state index contributed by atoms with van der Waals surface area (Å²) in [5.41, 5.74) is -2.01. The van der Waals surface area contributed by atoms with Crippen molar-refractivity contribution in [2.24, 2.45) is 0 Å². The monoisotopic (exact) mass is 383 g/mol. The van der Waals surface area contributed by atoms with Crippen LogP contribution >= 0.6 is 0 Å². The molecule has 3 rings (SSSR count). The van der Waals surface area contributed by atoms with E-state index in [1.54, 1.807) is 4.90 Å². The first-order valence-corrected chi connectivity index (χ1v) is 8.08. The minimum Gasteiger partial charge on any atom is -0.478 e. The normalized spacial score (nSPS) is 17.8. The molecule has 2 aromatic rings. The number of aromatic nitrogens is 2. The van der Waals surface area contributed by atoms with E-state index in [1.807, 2.05) is 6.92 Å². The van der Waals surface area contributed by atoms with Gasteiger partial charge in [0.15, 0.2) is 5.69 Å². The topological polar surface area (TPSA) is 84.7 Å². The fourth-order valence-electron chi connectivity index (χ4n) is 2.91. The number of aromatic carboxylic acids is 1. The Morgan fingerprint density at radius 2 is 1.93 bits per heavy atom. The molecule has 1 saturated heterocycles. The summed E-state index contributed by atoms with van der Waals surface area (Å²) in [5, 5.41) is 12.5. The lowest BCUT2D eigenvalue weighted by molar-refractivity contribution is -0.143. The van der Waals surface area contributed by atoms with E-state index in [0.717, 1.165) is 0 Å². The van der Waals surface area contributed by atoms with Gasteiger partial charge < -0.3 is 14.7 Å². The highest BCUT2D eigenvalue weighted by Crippen LogP contribution is 2.33. The zero-order valence-electron chi connectivity index (χ0n) is 14.2. The molecule has 27 heavy (non-hydrogen) atoms. The van der Waals surface area contributed by atoms with Gasteiger partial charge in [-0.3, -0.25) is 4.79 Å². The number of hydrogen-bond acceptors (Lipinski definition) is 4. The molecule has 2 heterocycles. The summed E-state index contributed by atoms with van der Waals surface area (Å²) < 4.78 is 45.6. The lowest BCUT2D eigenvalue weighted by Crippen LogP contribution is -2.47. The summed E-state index contributed by atoms with van der Waals surface area (Å²) in [5.74, 6) is -1.97. The minimum atomic E-state index is -4.90. The number of morpholine rings is 1. The number of carboxylic acids is 1. The molecular weight excluding hydrogens is 367 g/mol. The van der Waals surface area contributed by atoms with Gasteiger partial charge in [0, 0.05) is 12.1 Å². The highest BCUT2D eigenvalue weighted by molar-refractivity contribution is 5.94. The van der Waals surface area contributed by atoms with Crippen molar-refractivity contribution in [3.63, 3.8) is 0 Å². The maximum atomic E-state index is 13.3. The minimum absolute atomic E-state index is 0.00130. The van der Waals surface area contributed by atoms with Crippen LogP contribution in [0.2, 0.25) is 0 Å². The highest BCUT2D eigenvalue weighted by Gasteiger charge is 2.40. The van der Waals surface area contributed by atoms with Gasteiger partial charge in [0.05, 0.1) is 31.1 Å². The second kappa shape index (κ2) is 7.03. The summed E-state index contributed by atoms with van der Waals surface area (Å²) in [7, 11) is 0. The first-order valence-electron chi connectivity index (χ1n) is 8.08. The highest BCUT2D eigenvalue weighted by atomic mass is 19.4. The summed E-state index contributed by atoms with van der Waals surface area (Å²) in [6.07, 6.45) is -4.25. The Bertz CT molecular complexity index is 861. The first-order chi connectivity index (χ1) is 12.7. The smallest absolute Gasteiger partial charge is 0.434 e. The molecule has 144 valence electrons. The van der Waals surface area contributed by atoms with Crippen LogP contribution in [-0.4, -0.2) is 57.5 Å². The molecular formula is C17H16F3N3O4. The van der Waals surface area contributed by atoms with E-state index in [2.05, 4.69) is 5.10 Å². The van der Waals surface area contributed by atoms with Crippen molar-refractivity contribution in [3.05, 3.63) is 47.3 Å². The molecule has 10 heteroatoms. The number of benzene rings is 1. The quantitative estimate of drug-likeness (QED) is 0.880. The number of rotatable bonds is 3. The number of nitrogens with zero attached hydrogens (tertiary/aromatic N) is 3. The van der Waals surface area contributed by atoms with Crippen molar-refractivity contribution in [2.75, 3.05) is 19.8 Å². The van der Waals surface area contributed by atoms with Crippen molar-refractivity contribution < 1.29 is 32.6 Å². The summed E-state index contributed by atoms with van der Waals surface area (Å²) in [6, 6.07) is 5.27. The molecule has 1 fully saturated rings. The number of halogens is 3. The molecule has 1 aliphatic rings. The molecule has 7 nitrogen and oxygen atoms in total. The van der Waals surface area contributed by atoms with Gasteiger partial charge in [0.1, 0.15) is 5.56 Å². The van der Waals surface area contributed by atoms with Gasteiger partial charge in [0.2, 0.25) is 0 Å². The van der Waals surface area contributed by atoms with Crippen molar-refractivity contribution in [3.8, 4) is 5.69 Å². The Balaban J connectivity index is 1.92. The molecule has 0 radical (unpaired) electrons. The van der Waals surface area contributed by atoms with Crippen LogP contribution < -0.4 is 0 Å². The Morgan fingerprint density at radius 1 is 1.26 bits per heavy atom. The van der Waals surface area contributed by atoms with E-state index in [9.17, 15) is 22.8 Å². The van der Waals surface area contributed by atoms with Crippen molar-refractivity contribution >= 4 is 11.9 Å². The Kier molecular flexibility index (Phi) is 4.92. The van der Waals surface area contributed by atoms with E-state index in [4.69, 9.17) is 9.84 Å². The van der Waals surface area contributed by atoms with E-state index >= 15 is 0 Å². The predicted molar refractivity (Wildman–Crippen MR) is 86.8 cm³/mol. The number of carbonyl (C=O) groups is 2. The molecule has 0 spiro atoms. The van der Waals surface area contributed by atoms with Crippen LogP contribution in [-0.2, 0) is 10.9 Å². The molecule has 0 bridgehead atoms. The Hall–Kier alpha value is -2.88. The maximum Gasteiger partial charge on any atom is 0.434 e. The van der Waals surface area contributed by atoms with Gasteiger partial charge >= 0.3 is 12.1 Å². The van der Waals surface area contributed by atoms with Crippen LogP contribution in [0.25, 0.3) is 5.69 Å². The van der Waals surface area contributed by atoms with Crippen molar-refractivity contribution in [2.45, 2.75) is 19.1 Å². The molecule has 0 saturated carbocycles. The van der Waals surface area contributed by atoms with Crippen LogP contribution in [0, 0.1) is 0 Å². The molecule has 0 aliphatic carbocycles. The largest absolute Gasteiger partial charge is 0.478 e. The van der Waals surface area contributed by atoms with Gasteiger partial charge in [-0.15, -0.1) is 0 Å². The van der Waals surface area contributed by atoms with Crippen molar-refractivity contribution in [1.29, 1.82) is 0 Å². The molecule has 1 aromatic heterocycles. The molecule has 1 N–H and O–H groups in total. The molecule has 1 aromatic carbocycles. The van der Waals surface area contributed by atoms with Gasteiger partial charge in [-0.05, 0) is 31.2 Å². The van der Waals surface area contributed by atoms with E-state index < -0.39 is 23.4 Å². The molecule has 1 unspecified atom stereocenters. The first kappa shape index (κ1) is 18.9. The standard InChI is InChI=1S/C17H16F3N3O4/c1-10-9-27-7-6-22(10)15(24)11-2-4-12(5-3-11)23-14(17(18,19)20)13(8-21-23)16(25)26/h2-5,8,10H,6-7,9H2,1H3,(H,25,26). The second-order valence-corrected chi connectivity index (χ2v) is 6.09. The molecule has 1 aliphatic heterocycles. The Morgan fingerprint density at radius 3 is 2.48 bits per heavy atom. The number of carbonyl (C=O) groups excluding carboxylic acids is 1. The van der Waals surface area contributed by atoms with Crippen LogP contribution in [0.5, 0.6) is 0 Å². The van der Waals surface area contributed by atoms with Gasteiger partial charge in [-0.25, -0.2) is 9.48 Å². The van der Waals surface area contributed by atoms with Crippen molar-refractivity contribution in [1.82, 2.24) is 14.7 Å². The SMILES string of the molecule is CC1COCCN1C(=O)c1ccc(-n2ncc(C(=O)O)c2C(F)(F)F)cc1. The third-order valence-corrected chi connectivity index (χ3v) is 4.26. The van der Waals surface area contributed by atoms with E-state index in [1.165, 1.54) is 24.3 Å². The summed E-state index contributed by atoms with van der Waals surface area (Å²) in [4.78, 5) is 25.3. The zero-order chi connectivity index (χ0) is 19.8. The zero-order valence-corrected chi connectivity index (χ0v) is 14.2. The van der Waals surface area contributed by atoms with Crippen LogP contribution in [0.3, 0.4) is 0 Å². The van der Waals surface area contributed by atoms with Gasteiger partial charge in [-0.2, -0.15) is 18.3 Å². The number of alkyl halides is 3. The number of carboxylic acid groups (broad SMARTS) is 1. The fourth-order valence-corrected chi connectivity index (χ4v) is 2.91. The van der Waals surface area contributed by atoms with Gasteiger partial charge in [-0.1, -0.05) is 0 Å². The average molecular weight is 383 g/mol. The number of ether oxygens (including phenoxy) is 1. The molecule has 1 amide bonds. The number of hydrogen-bond donors (Lipinski definition) is 1. The average Bonchev–Trinajstić information content (AvgIpc) is 3.07. The van der Waals surface area contributed by atoms with Crippen LogP contribution in [0.1, 0.15) is 33.3 Å². The summed E-state index contributed by atoms with van der Waals surface area (Å²) in [6.45, 7) is 3.12. The summed E-state index contributed by atoms with van der Waals surface area (Å²) >= 11 is 0. The van der Waals surface area contributed by atoms with Gasteiger partial charge in [0.25, 0.3) is 5.91 Å². The predicted octanol–water partition coefficient (Wildman–Crippen LogP) is 2.45.